The molecule has 0 atom stereocenters. The molecule has 1 saturated heterocycles. The van der Waals surface area contributed by atoms with Gasteiger partial charge in [-0.15, -0.1) is 0 Å². The third-order valence-corrected chi connectivity index (χ3v) is 3.54. The minimum absolute atomic E-state index is 0.106. The average Bonchev–Trinajstić information content (AvgIpc) is 2.71. The first kappa shape index (κ1) is 17.9. The zero-order valence-electron chi connectivity index (χ0n) is 13.6. The van der Waals surface area contributed by atoms with E-state index in [0.29, 0.717) is 25.6 Å². The third-order valence-electron chi connectivity index (χ3n) is 3.54. The summed E-state index contributed by atoms with van der Waals surface area (Å²) in [7, 11) is 1.38. The molecule has 1 heterocycles. The first-order valence-corrected chi connectivity index (χ1v) is 7.80. The maximum Gasteiger partial charge on any atom is 0.307 e. The summed E-state index contributed by atoms with van der Waals surface area (Å²) in [6, 6.07) is 0. The second-order valence-electron chi connectivity index (χ2n) is 5.94. The molecule has 122 valence electrons. The van der Waals surface area contributed by atoms with Crippen LogP contribution in [0.4, 0.5) is 0 Å². The van der Waals surface area contributed by atoms with E-state index in [-0.39, 0.29) is 18.3 Å². The van der Waals surface area contributed by atoms with Gasteiger partial charge in [-0.3, -0.25) is 14.5 Å². The van der Waals surface area contributed by atoms with Gasteiger partial charge in [-0.25, -0.2) is 0 Å². The van der Waals surface area contributed by atoms with Crippen LogP contribution in [0.2, 0.25) is 0 Å². The lowest BCUT2D eigenvalue weighted by atomic mass is 10.2. The normalized spacial score (nSPS) is 16.6. The summed E-state index contributed by atoms with van der Waals surface area (Å²) in [6.45, 7) is 9.52. The summed E-state index contributed by atoms with van der Waals surface area (Å²) in [6.07, 6.45) is 1.33. The van der Waals surface area contributed by atoms with E-state index in [4.69, 9.17) is 0 Å². The molecule has 1 rings (SSSR count). The number of amides is 1. The van der Waals surface area contributed by atoms with Crippen LogP contribution in [0.1, 0.15) is 26.7 Å². The average molecular weight is 299 g/mol. The van der Waals surface area contributed by atoms with Crippen molar-refractivity contribution in [2.75, 3.05) is 52.9 Å². The summed E-state index contributed by atoms with van der Waals surface area (Å²) in [5.41, 5.74) is 0. The van der Waals surface area contributed by atoms with Crippen LogP contribution in [-0.2, 0) is 14.3 Å². The van der Waals surface area contributed by atoms with Crippen LogP contribution in [0, 0.1) is 5.92 Å². The van der Waals surface area contributed by atoms with Crippen LogP contribution in [-0.4, -0.2) is 74.6 Å². The number of carbonyl (C=O) groups excluding carboxylic acids is 2. The number of rotatable bonds is 7. The molecule has 21 heavy (non-hydrogen) atoms. The summed E-state index contributed by atoms with van der Waals surface area (Å²) in [5, 5.41) is 3.33. The predicted molar refractivity (Wildman–Crippen MR) is 82.0 cm³/mol. The Balaban J connectivity index is 2.50. The van der Waals surface area contributed by atoms with E-state index in [0.717, 1.165) is 32.6 Å². The van der Waals surface area contributed by atoms with Crippen molar-refractivity contribution in [1.29, 1.82) is 0 Å². The van der Waals surface area contributed by atoms with Crippen LogP contribution in [0.3, 0.4) is 0 Å². The van der Waals surface area contributed by atoms with Crippen LogP contribution >= 0.6 is 0 Å². The van der Waals surface area contributed by atoms with Gasteiger partial charge in [0.05, 0.1) is 20.1 Å². The molecule has 6 nitrogen and oxygen atoms in total. The summed E-state index contributed by atoms with van der Waals surface area (Å²) >= 11 is 0. The fourth-order valence-corrected chi connectivity index (χ4v) is 2.44. The lowest BCUT2D eigenvalue weighted by Crippen LogP contribution is -2.43. The van der Waals surface area contributed by atoms with Gasteiger partial charge in [0.15, 0.2) is 0 Å². The molecule has 1 fully saturated rings. The number of hydrogen-bond acceptors (Lipinski definition) is 5. The summed E-state index contributed by atoms with van der Waals surface area (Å²) < 4.78 is 4.66. The van der Waals surface area contributed by atoms with Gasteiger partial charge in [-0.05, 0) is 25.4 Å². The zero-order chi connectivity index (χ0) is 15.7. The minimum Gasteiger partial charge on any atom is -0.469 e. The second-order valence-corrected chi connectivity index (χ2v) is 5.94. The van der Waals surface area contributed by atoms with Gasteiger partial charge in [0.1, 0.15) is 0 Å². The van der Waals surface area contributed by atoms with Gasteiger partial charge < -0.3 is 15.0 Å². The lowest BCUT2D eigenvalue weighted by molar-refractivity contribution is -0.142. The molecular formula is C15H29N3O3. The molecule has 1 aliphatic rings. The number of carbonyl (C=O) groups is 2. The van der Waals surface area contributed by atoms with E-state index in [9.17, 15) is 9.59 Å². The molecule has 0 radical (unpaired) electrons. The molecule has 0 aliphatic carbocycles. The Hall–Kier alpha value is -1.14. The Bertz CT molecular complexity index is 326. The highest BCUT2D eigenvalue weighted by molar-refractivity contribution is 5.79. The van der Waals surface area contributed by atoms with E-state index in [1.807, 2.05) is 0 Å². The second kappa shape index (κ2) is 9.73. The molecule has 1 N–H and O–H groups in total. The molecule has 6 heteroatoms. The highest BCUT2D eigenvalue weighted by Gasteiger charge is 2.20. The van der Waals surface area contributed by atoms with Crippen molar-refractivity contribution in [1.82, 2.24) is 15.1 Å². The molecule has 0 aromatic carbocycles. The molecule has 0 aromatic heterocycles. The molecule has 0 aromatic rings. The van der Waals surface area contributed by atoms with Gasteiger partial charge in [0.2, 0.25) is 5.91 Å². The molecule has 1 amide bonds. The fraction of sp³-hybridized carbons (Fsp3) is 0.867. The smallest absolute Gasteiger partial charge is 0.307 e. The first-order chi connectivity index (χ1) is 10.0. The van der Waals surface area contributed by atoms with Gasteiger partial charge in [0, 0.05) is 26.2 Å². The molecule has 1 aliphatic heterocycles. The topological polar surface area (TPSA) is 61.9 Å². The number of ether oxygens (including phenoxy) is 1. The van der Waals surface area contributed by atoms with E-state index in [1.54, 1.807) is 4.90 Å². The van der Waals surface area contributed by atoms with Crippen LogP contribution in [0.5, 0.6) is 0 Å². The first-order valence-electron chi connectivity index (χ1n) is 7.80. The zero-order valence-corrected chi connectivity index (χ0v) is 13.6. The molecule has 0 spiro atoms. The fourth-order valence-electron chi connectivity index (χ4n) is 2.44. The monoisotopic (exact) mass is 299 g/mol. The maximum absolute atomic E-state index is 12.5. The van der Waals surface area contributed by atoms with Crippen LogP contribution in [0.15, 0.2) is 0 Å². The SMILES string of the molecule is COC(=O)CCN(CC(C)C)C(=O)CN1CCCNCC1. The quantitative estimate of drug-likeness (QED) is 0.687. The predicted octanol–water partition coefficient (Wildman–Crippen LogP) is 0.329. The van der Waals surface area contributed by atoms with Gasteiger partial charge in [0.25, 0.3) is 0 Å². The number of nitrogens with zero attached hydrogens (tertiary/aromatic N) is 2. The number of esters is 1. The van der Waals surface area contributed by atoms with Crippen molar-refractivity contribution in [2.45, 2.75) is 26.7 Å². The number of methoxy groups -OCH3 is 1. The number of nitrogens with one attached hydrogen (secondary N) is 1. The molecule has 0 saturated carbocycles. The van der Waals surface area contributed by atoms with Crippen molar-refractivity contribution < 1.29 is 14.3 Å². The van der Waals surface area contributed by atoms with Crippen molar-refractivity contribution in [2.24, 2.45) is 5.92 Å². The van der Waals surface area contributed by atoms with Crippen LogP contribution < -0.4 is 5.32 Å². The standard InChI is InChI=1S/C15H29N3O3/c1-13(2)11-18(9-5-15(20)21-3)14(19)12-17-8-4-6-16-7-10-17/h13,16H,4-12H2,1-3H3. The largest absolute Gasteiger partial charge is 0.469 e. The summed E-state index contributed by atoms with van der Waals surface area (Å²) in [5.74, 6) is 0.224. The Labute approximate surface area is 127 Å². The minimum atomic E-state index is -0.268. The van der Waals surface area contributed by atoms with E-state index < -0.39 is 0 Å². The van der Waals surface area contributed by atoms with E-state index in [1.165, 1.54) is 7.11 Å². The summed E-state index contributed by atoms with van der Waals surface area (Å²) in [4.78, 5) is 27.7. The highest BCUT2D eigenvalue weighted by Crippen LogP contribution is 2.04. The van der Waals surface area contributed by atoms with Gasteiger partial charge in [-0.1, -0.05) is 13.8 Å². The molecule has 0 unspecified atom stereocenters. The Morgan fingerprint density at radius 3 is 2.71 bits per heavy atom. The van der Waals surface area contributed by atoms with Crippen LogP contribution in [0.25, 0.3) is 0 Å². The molecular weight excluding hydrogens is 270 g/mol. The Kier molecular flexibility index (Phi) is 8.30. The Morgan fingerprint density at radius 2 is 2.05 bits per heavy atom. The van der Waals surface area contributed by atoms with Gasteiger partial charge in [-0.2, -0.15) is 0 Å². The van der Waals surface area contributed by atoms with Crippen molar-refractivity contribution in [3.8, 4) is 0 Å². The number of hydrogen-bond donors (Lipinski definition) is 1. The lowest BCUT2D eigenvalue weighted by Gasteiger charge is -2.27. The van der Waals surface area contributed by atoms with E-state index >= 15 is 0 Å². The third kappa shape index (κ3) is 7.43. The van der Waals surface area contributed by atoms with Gasteiger partial charge >= 0.3 is 5.97 Å². The molecule has 0 bridgehead atoms. The van der Waals surface area contributed by atoms with Crippen molar-refractivity contribution in [3.63, 3.8) is 0 Å². The van der Waals surface area contributed by atoms with E-state index in [2.05, 4.69) is 28.8 Å². The Morgan fingerprint density at radius 1 is 1.29 bits per heavy atom. The highest BCUT2D eigenvalue weighted by atomic mass is 16.5. The van der Waals surface area contributed by atoms with Crippen molar-refractivity contribution in [3.05, 3.63) is 0 Å². The maximum atomic E-state index is 12.5. The van der Waals surface area contributed by atoms with Crippen molar-refractivity contribution >= 4 is 11.9 Å².